The van der Waals surface area contributed by atoms with Crippen molar-refractivity contribution in [2.24, 2.45) is 0 Å². The van der Waals surface area contributed by atoms with E-state index in [2.05, 4.69) is 28.5 Å². The molecular formula is C13H14N4. The molecule has 2 aromatic rings. The van der Waals surface area contributed by atoms with E-state index in [1.165, 1.54) is 0 Å². The maximum atomic E-state index is 8.84. The van der Waals surface area contributed by atoms with E-state index in [0.29, 0.717) is 5.56 Å². The molecule has 0 atom stereocenters. The molecule has 1 heterocycles. The maximum Gasteiger partial charge on any atom is 0.148 e. The summed E-state index contributed by atoms with van der Waals surface area (Å²) >= 11 is 0. The Morgan fingerprint density at radius 3 is 3.06 bits per heavy atom. The van der Waals surface area contributed by atoms with Gasteiger partial charge >= 0.3 is 0 Å². The molecule has 2 N–H and O–H groups in total. The van der Waals surface area contributed by atoms with Crippen LogP contribution in [0, 0.1) is 11.3 Å². The monoisotopic (exact) mass is 226 g/mol. The number of H-pyrrole nitrogens is 1. The highest BCUT2D eigenvalue weighted by atomic mass is 15.2. The fraction of sp³-hybridized carbons (Fsp3) is 0.231. The van der Waals surface area contributed by atoms with Crippen molar-refractivity contribution in [3.8, 4) is 17.3 Å². The molecule has 4 nitrogen and oxygen atoms in total. The van der Waals surface area contributed by atoms with Crippen molar-refractivity contribution in [1.82, 2.24) is 10.2 Å². The van der Waals surface area contributed by atoms with Crippen LogP contribution in [0.25, 0.3) is 11.3 Å². The number of benzene rings is 1. The molecule has 86 valence electrons. The first-order valence-corrected chi connectivity index (χ1v) is 5.63. The minimum absolute atomic E-state index is 0.653. The smallest absolute Gasteiger partial charge is 0.148 e. The highest BCUT2D eigenvalue weighted by molar-refractivity contribution is 5.64. The highest BCUT2D eigenvalue weighted by Gasteiger charge is 2.03. The molecule has 0 unspecified atom stereocenters. The molecule has 17 heavy (non-hydrogen) atoms. The van der Waals surface area contributed by atoms with Gasteiger partial charge in [0.25, 0.3) is 0 Å². The van der Waals surface area contributed by atoms with Gasteiger partial charge in [0, 0.05) is 18.2 Å². The fourth-order valence-corrected chi connectivity index (χ4v) is 1.57. The Hall–Kier alpha value is -2.28. The van der Waals surface area contributed by atoms with Gasteiger partial charge in [0.1, 0.15) is 5.82 Å². The Morgan fingerprint density at radius 2 is 2.29 bits per heavy atom. The molecule has 0 saturated carbocycles. The van der Waals surface area contributed by atoms with Gasteiger partial charge in [0.15, 0.2) is 0 Å². The zero-order valence-electron chi connectivity index (χ0n) is 9.70. The predicted molar refractivity (Wildman–Crippen MR) is 67.5 cm³/mol. The van der Waals surface area contributed by atoms with E-state index in [0.717, 1.165) is 30.0 Å². The number of hydrogen-bond acceptors (Lipinski definition) is 3. The number of nitrogens with zero attached hydrogens (tertiary/aromatic N) is 2. The Bertz CT molecular complexity index is 536. The van der Waals surface area contributed by atoms with Crippen molar-refractivity contribution < 1.29 is 0 Å². The summed E-state index contributed by atoms with van der Waals surface area (Å²) in [7, 11) is 0. The Morgan fingerprint density at radius 1 is 1.41 bits per heavy atom. The molecule has 0 fully saturated rings. The number of aromatic amines is 1. The third-order valence-electron chi connectivity index (χ3n) is 2.44. The third-order valence-corrected chi connectivity index (χ3v) is 2.44. The number of anilines is 1. The molecule has 0 radical (unpaired) electrons. The van der Waals surface area contributed by atoms with Gasteiger partial charge in [-0.25, -0.2) is 0 Å². The minimum Gasteiger partial charge on any atom is -0.369 e. The van der Waals surface area contributed by atoms with Crippen LogP contribution in [0.5, 0.6) is 0 Å². The molecule has 0 bridgehead atoms. The normalized spacial score (nSPS) is 9.88. The lowest BCUT2D eigenvalue weighted by Crippen LogP contribution is -1.99. The van der Waals surface area contributed by atoms with E-state index in [1.54, 1.807) is 6.07 Å². The van der Waals surface area contributed by atoms with Crippen LogP contribution in [-0.4, -0.2) is 16.7 Å². The first kappa shape index (κ1) is 11.2. The van der Waals surface area contributed by atoms with Crippen LogP contribution in [-0.2, 0) is 0 Å². The molecule has 0 spiro atoms. The second-order valence-corrected chi connectivity index (χ2v) is 3.79. The van der Waals surface area contributed by atoms with Crippen LogP contribution < -0.4 is 5.32 Å². The minimum atomic E-state index is 0.653. The lowest BCUT2D eigenvalue weighted by atomic mass is 10.1. The van der Waals surface area contributed by atoms with Crippen LogP contribution in [0.2, 0.25) is 0 Å². The molecule has 0 amide bonds. The zero-order valence-corrected chi connectivity index (χ0v) is 9.70. The van der Waals surface area contributed by atoms with E-state index in [1.807, 2.05) is 24.3 Å². The lowest BCUT2D eigenvalue weighted by molar-refractivity contribution is 0.961. The summed E-state index contributed by atoms with van der Waals surface area (Å²) in [5.74, 6) is 0.837. The zero-order chi connectivity index (χ0) is 12.1. The first-order valence-electron chi connectivity index (χ1n) is 5.63. The van der Waals surface area contributed by atoms with Gasteiger partial charge in [-0.2, -0.15) is 10.4 Å². The van der Waals surface area contributed by atoms with Crippen LogP contribution in [0.4, 0.5) is 5.82 Å². The fourth-order valence-electron chi connectivity index (χ4n) is 1.57. The van der Waals surface area contributed by atoms with E-state index in [-0.39, 0.29) is 0 Å². The summed E-state index contributed by atoms with van der Waals surface area (Å²) in [6.07, 6.45) is 1.06. The van der Waals surface area contributed by atoms with Crippen LogP contribution >= 0.6 is 0 Å². The molecular weight excluding hydrogens is 212 g/mol. The molecule has 0 aliphatic rings. The molecule has 0 aliphatic heterocycles. The third kappa shape index (κ3) is 2.64. The second kappa shape index (κ2) is 5.17. The average Bonchev–Trinajstić information content (AvgIpc) is 2.85. The lowest BCUT2D eigenvalue weighted by Gasteiger charge is -1.97. The van der Waals surface area contributed by atoms with Crippen molar-refractivity contribution in [3.63, 3.8) is 0 Å². The largest absolute Gasteiger partial charge is 0.369 e. The van der Waals surface area contributed by atoms with E-state index in [9.17, 15) is 0 Å². The highest BCUT2D eigenvalue weighted by Crippen LogP contribution is 2.20. The number of hydrogen-bond donors (Lipinski definition) is 2. The number of rotatable bonds is 4. The van der Waals surface area contributed by atoms with E-state index >= 15 is 0 Å². The quantitative estimate of drug-likeness (QED) is 0.842. The SMILES string of the molecule is CCCNc1cc(-c2cccc(C#N)c2)[nH]n1. The van der Waals surface area contributed by atoms with E-state index < -0.39 is 0 Å². The first-order chi connectivity index (χ1) is 8.33. The van der Waals surface area contributed by atoms with Crippen molar-refractivity contribution in [2.45, 2.75) is 13.3 Å². The summed E-state index contributed by atoms with van der Waals surface area (Å²) in [4.78, 5) is 0. The second-order valence-electron chi connectivity index (χ2n) is 3.79. The molecule has 0 saturated heterocycles. The number of nitrogens with one attached hydrogen (secondary N) is 2. The Balaban J connectivity index is 2.21. The van der Waals surface area contributed by atoms with Gasteiger partial charge < -0.3 is 5.32 Å². The standard InChI is InChI=1S/C13H14N4/c1-2-6-15-13-8-12(16-17-13)11-5-3-4-10(7-11)9-14/h3-5,7-8H,2,6H2,1H3,(H2,15,16,17). The summed E-state index contributed by atoms with van der Waals surface area (Å²) in [5, 5.41) is 19.2. The molecule has 0 aliphatic carbocycles. The van der Waals surface area contributed by atoms with Gasteiger partial charge in [-0.15, -0.1) is 0 Å². The molecule has 1 aromatic carbocycles. The van der Waals surface area contributed by atoms with Gasteiger partial charge in [-0.1, -0.05) is 19.1 Å². The summed E-state index contributed by atoms with van der Waals surface area (Å²) in [5.41, 5.74) is 2.54. The van der Waals surface area contributed by atoms with Crippen molar-refractivity contribution in [3.05, 3.63) is 35.9 Å². The average molecular weight is 226 g/mol. The Labute approximate surface area is 100 Å². The van der Waals surface area contributed by atoms with Gasteiger partial charge in [0.05, 0.1) is 17.3 Å². The van der Waals surface area contributed by atoms with Crippen molar-refractivity contribution in [1.29, 1.82) is 5.26 Å². The summed E-state index contributed by atoms with van der Waals surface area (Å²) in [6.45, 7) is 3.01. The van der Waals surface area contributed by atoms with Crippen molar-refractivity contribution >= 4 is 5.82 Å². The summed E-state index contributed by atoms with van der Waals surface area (Å²) < 4.78 is 0. The maximum absolute atomic E-state index is 8.84. The van der Waals surface area contributed by atoms with Crippen LogP contribution in [0.1, 0.15) is 18.9 Å². The molecule has 1 aromatic heterocycles. The van der Waals surface area contributed by atoms with Crippen LogP contribution in [0.3, 0.4) is 0 Å². The van der Waals surface area contributed by atoms with Crippen molar-refractivity contribution in [2.75, 3.05) is 11.9 Å². The predicted octanol–water partition coefficient (Wildman–Crippen LogP) is 2.77. The topological polar surface area (TPSA) is 64.5 Å². The van der Waals surface area contributed by atoms with E-state index in [4.69, 9.17) is 5.26 Å². The molecule has 2 rings (SSSR count). The number of aromatic nitrogens is 2. The van der Waals surface area contributed by atoms with Gasteiger partial charge in [0.2, 0.25) is 0 Å². The Kier molecular flexibility index (Phi) is 3.41. The summed E-state index contributed by atoms with van der Waals surface area (Å²) in [6, 6.07) is 11.5. The number of nitriles is 1. The van der Waals surface area contributed by atoms with Crippen LogP contribution in [0.15, 0.2) is 30.3 Å². The van der Waals surface area contributed by atoms with Gasteiger partial charge in [-0.3, -0.25) is 5.10 Å². The van der Waals surface area contributed by atoms with Gasteiger partial charge in [-0.05, 0) is 18.6 Å². The molecule has 4 heteroatoms.